The Morgan fingerprint density at radius 3 is 2.42 bits per heavy atom. The van der Waals surface area contributed by atoms with Crippen LogP contribution in [0.3, 0.4) is 0 Å². The number of carboxylic acids is 1. The number of carbonyl (C=O) groups is 3. The second-order valence-corrected chi connectivity index (χ2v) is 5.06. The van der Waals surface area contributed by atoms with E-state index in [4.69, 9.17) is 9.84 Å². The monoisotopic (exact) mass is 347 g/mol. The van der Waals surface area contributed by atoms with Gasteiger partial charge in [0.25, 0.3) is 5.91 Å². The topological polar surface area (TPSA) is 92.7 Å². The van der Waals surface area contributed by atoms with Gasteiger partial charge in [-0.15, -0.1) is 0 Å². The quantitative estimate of drug-likeness (QED) is 0.738. The van der Waals surface area contributed by atoms with E-state index in [0.717, 1.165) is 0 Å². The average Bonchev–Trinajstić information content (AvgIpc) is 2.45. The molecule has 2 atom stereocenters. The van der Waals surface area contributed by atoms with Crippen LogP contribution in [-0.4, -0.2) is 41.1 Å². The fourth-order valence-electron chi connectivity index (χ4n) is 1.77. The molecule has 0 bridgehead atoms. The number of nitrogens with one attached hydrogen (secondary N) is 1. The average molecular weight is 347 g/mol. The van der Waals surface area contributed by atoms with Gasteiger partial charge in [-0.3, -0.25) is 9.59 Å². The molecule has 1 aromatic carbocycles. The van der Waals surface area contributed by atoms with Crippen molar-refractivity contribution in [1.82, 2.24) is 5.32 Å². The molecule has 0 radical (unpaired) electrons. The fourth-order valence-corrected chi connectivity index (χ4v) is 1.77. The van der Waals surface area contributed by atoms with Crippen molar-refractivity contribution >= 4 is 17.7 Å². The molecule has 1 amide bonds. The Labute approximate surface area is 135 Å². The van der Waals surface area contributed by atoms with Crippen LogP contribution >= 0.6 is 0 Å². The van der Waals surface area contributed by atoms with Gasteiger partial charge in [-0.25, -0.2) is 4.79 Å². The molecular formula is C15H16F3NO5. The second-order valence-electron chi connectivity index (χ2n) is 5.06. The van der Waals surface area contributed by atoms with E-state index in [0.29, 0.717) is 5.56 Å². The molecule has 0 saturated carbocycles. The van der Waals surface area contributed by atoms with E-state index in [2.05, 4.69) is 0 Å². The Morgan fingerprint density at radius 2 is 1.92 bits per heavy atom. The number of alkyl halides is 3. The number of hydrogen-bond acceptors (Lipinski definition) is 4. The summed E-state index contributed by atoms with van der Waals surface area (Å²) >= 11 is 0. The van der Waals surface area contributed by atoms with E-state index in [1.165, 1.54) is 38.1 Å². The van der Waals surface area contributed by atoms with Gasteiger partial charge in [0.1, 0.15) is 11.8 Å². The van der Waals surface area contributed by atoms with Gasteiger partial charge in [0.15, 0.2) is 11.9 Å². The summed E-state index contributed by atoms with van der Waals surface area (Å²) in [6, 6.07) is 3.77. The summed E-state index contributed by atoms with van der Waals surface area (Å²) in [6.07, 6.45) is -7.68. The van der Waals surface area contributed by atoms with Crippen molar-refractivity contribution in [3.05, 3.63) is 29.8 Å². The summed E-state index contributed by atoms with van der Waals surface area (Å²) in [5.41, 5.74) is 0.334. The summed E-state index contributed by atoms with van der Waals surface area (Å²) in [7, 11) is 0. The summed E-state index contributed by atoms with van der Waals surface area (Å²) < 4.78 is 42.2. The van der Waals surface area contributed by atoms with Crippen molar-refractivity contribution < 1.29 is 37.4 Å². The van der Waals surface area contributed by atoms with Crippen LogP contribution in [0, 0.1) is 0 Å². The van der Waals surface area contributed by atoms with E-state index < -0.39 is 36.6 Å². The van der Waals surface area contributed by atoms with Crippen LogP contribution in [-0.2, 0) is 9.59 Å². The molecule has 0 fully saturated rings. The van der Waals surface area contributed by atoms with E-state index in [-0.39, 0.29) is 11.5 Å². The third-order valence-electron chi connectivity index (χ3n) is 2.97. The highest BCUT2D eigenvalue weighted by Gasteiger charge is 2.37. The van der Waals surface area contributed by atoms with Gasteiger partial charge in [-0.05, 0) is 26.0 Å². The number of Topliss-reactive ketones (excluding diaryl/α,β-unsaturated/α-hetero) is 1. The first-order chi connectivity index (χ1) is 11.0. The van der Waals surface area contributed by atoms with E-state index in [1.54, 1.807) is 5.32 Å². The Kier molecular flexibility index (Phi) is 6.33. The summed E-state index contributed by atoms with van der Waals surface area (Å²) in [5, 5.41) is 10.5. The van der Waals surface area contributed by atoms with Gasteiger partial charge < -0.3 is 15.2 Å². The first kappa shape index (κ1) is 19.5. The molecule has 0 aromatic heterocycles. The predicted molar refractivity (Wildman–Crippen MR) is 76.8 cm³/mol. The minimum Gasteiger partial charge on any atom is -0.481 e. The lowest BCUT2D eigenvalue weighted by Crippen LogP contribution is -2.48. The summed E-state index contributed by atoms with van der Waals surface area (Å²) in [5.74, 6) is -2.88. The first-order valence-corrected chi connectivity index (χ1v) is 6.87. The SMILES string of the molecule is CC(=O)c1cccc(OC(C)C(=O)NC(CC(F)(F)F)C(=O)O)c1. The van der Waals surface area contributed by atoms with Crippen LogP contribution < -0.4 is 10.1 Å². The zero-order valence-electron chi connectivity index (χ0n) is 12.9. The molecule has 1 aromatic rings. The number of ether oxygens (including phenoxy) is 1. The van der Waals surface area contributed by atoms with E-state index in [1.807, 2.05) is 0 Å². The highest BCUT2D eigenvalue weighted by Crippen LogP contribution is 2.22. The molecule has 0 aliphatic rings. The molecule has 1 rings (SSSR count). The van der Waals surface area contributed by atoms with Gasteiger partial charge in [0, 0.05) is 5.56 Å². The Morgan fingerprint density at radius 1 is 1.29 bits per heavy atom. The van der Waals surface area contributed by atoms with Gasteiger partial charge >= 0.3 is 12.1 Å². The van der Waals surface area contributed by atoms with Crippen molar-refractivity contribution in [2.24, 2.45) is 0 Å². The number of amides is 1. The van der Waals surface area contributed by atoms with Gasteiger partial charge in [-0.2, -0.15) is 13.2 Å². The maximum atomic E-state index is 12.3. The number of aliphatic carboxylic acids is 1. The van der Waals surface area contributed by atoms with Crippen molar-refractivity contribution in [2.75, 3.05) is 0 Å². The minimum atomic E-state index is -4.74. The minimum absolute atomic E-state index is 0.160. The third kappa shape index (κ3) is 6.27. The summed E-state index contributed by atoms with van der Waals surface area (Å²) in [4.78, 5) is 33.9. The Hall–Kier alpha value is -2.58. The van der Waals surface area contributed by atoms with Crippen molar-refractivity contribution in [2.45, 2.75) is 38.6 Å². The van der Waals surface area contributed by atoms with Crippen molar-refractivity contribution in [3.8, 4) is 5.75 Å². The molecule has 0 saturated heterocycles. The molecule has 2 N–H and O–H groups in total. The standard InChI is InChI=1S/C15H16F3NO5/c1-8(20)10-4-3-5-11(6-10)24-9(2)13(21)19-12(14(22)23)7-15(16,17)18/h3-6,9,12H,7H2,1-2H3,(H,19,21)(H,22,23). The number of ketones is 1. The number of carboxylic acid groups (broad SMARTS) is 1. The van der Waals surface area contributed by atoms with Crippen LogP contribution in [0.4, 0.5) is 13.2 Å². The first-order valence-electron chi connectivity index (χ1n) is 6.87. The van der Waals surface area contributed by atoms with Crippen LogP contribution in [0.5, 0.6) is 5.75 Å². The third-order valence-corrected chi connectivity index (χ3v) is 2.97. The zero-order chi connectivity index (χ0) is 18.5. The molecule has 0 aliphatic heterocycles. The molecule has 24 heavy (non-hydrogen) atoms. The fraction of sp³-hybridized carbons (Fsp3) is 0.400. The Bertz CT molecular complexity index is 630. The van der Waals surface area contributed by atoms with Crippen LogP contribution in [0.15, 0.2) is 24.3 Å². The molecule has 0 spiro atoms. The van der Waals surface area contributed by atoms with Crippen molar-refractivity contribution in [3.63, 3.8) is 0 Å². The lowest BCUT2D eigenvalue weighted by atomic mass is 10.1. The largest absolute Gasteiger partial charge is 0.481 e. The number of carbonyl (C=O) groups excluding carboxylic acids is 2. The van der Waals surface area contributed by atoms with Crippen molar-refractivity contribution in [1.29, 1.82) is 0 Å². The molecule has 2 unspecified atom stereocenters. The highest BCUT2D eigenvalue weighted by atomic mass is 19.4. The van der Waals surface area contributed by atoms with E-state index in [9.17, 15) is 27.6 Å². The lowest BCUT2D eigenvalue weighted by molar-refractivity contribution is -0.160. The number of hydrogen-bond donors (Lipinski definition) is 2. The van der Waals surface area contributed by atoms with E-state index >= 15 is 0 Å². The molecule has 9 heteroatoms. The highest BCUT2D eigenvalue weighted by molar-refractivity contribution is 5.94. The predicted octanol–water partition coefficient (Wildman–Crippen LogP) is 2.18. The normalized spacial score (nSPS) is 13.7. The number of halogens is 3. The number of rotatable bonds is 7. The van der Waals surface area contributed by atoms with Crippen LogP contribution in [0.1, 0.15) is 30.6 Å². The zero-order valence-corrected chi connectivity index (χ0v) is 12.9. The smallest absolute Gasteiger partial charge is 0.391 e. The van der Waals surface area contributed by atoms with Gasteiger partial charge in [0.2, 0.25) is 0 Å². The molecular weight excluding hydrogens is 331 g/mol. The molecule has 0 heterocycles. The van der Waals surface area contributed by atoms with Crippen LogP contribution in [0.25, 0.3) is 0 Å². The van der Waals surface area contributed by atoms with Gasteiger partial charge in [0.05, 0.1) is 6.42 Å². The molecule has 0 aliphatic carbocycles. The van der Waals surface area contributed by atoms with Gasteiger partial charge in [-0.1, -0.05) is 12.1 Å². The summed E-state index contributed by atoms with van der Waals surface area (Å²) in [6.45, 7) is 2.59. The second kappa shape index (κ2) is 7.80. The lowest BCUT2D eigenvalue weighted by Gasteiger charge is -2.20. The maximum absolute atomic E-state index is 12.3. The Balaban J connectivity index is 2.74. The maximum Gasteiger partial charge on any atom is 0.391 e. The van der Waals surface area contributed by atoms with Crippen LogP contribution in [0.2, 0.25) is 0 Å². The molecule has 132 valence electrons. The number of benzene rings is 1. The molecule has 6 nitrogen and oxygen atoms in total.